The van der Waals surface area contributed by atoms with Crippen LogP contribution in [0.15, 0.2) is 66.9 Å². The van der Waals surface area contributed by atoms with Crippen molar-refractivity contribution in [3.63, 3.8) is 0 Å². The number of ether oxygens (including phenoxy) is 3. The number of amides is 1. The van der Waals surface area contributed by atoms with Crippen LogP contribution in [0.3, 0.4) is 0 Å². The Balaban J connectivity index is 1.66. The Morgan fingerprint density at radius 2 is 1.84 bits per heavy atom. The lowest BCUT2D eigenvalue weighted by Gasteiger charge is -2.29. The molecule has 1 amide bonds. The number of anilines is 2. The van der Waals surface area contributed by atoms with Gasteiger partial charge in [0.05, 0.1) is 54.4 Å². The Bertz CT molecular complexity index is 1730. The summed E-state index contributed by atoms with van der Waals surface area (Å²) in [6, 6.07) is 17.1. The number of nitro groups is 1. The fourth-order valence-corrected chi connectivity index (χ4v) is 5.98. The van der Waals surface area contributed by atoms with Gasteiger partial charge in [-0.15, -0.1) is 0 Å². The van der Waals surface area contributed by atoms with Gasteiger partial charge in [0.25, 0.3) is 5.69 Å². The highest BCUT2D eigenvalue weighted by molar-refractivity contribution is 7.80. The van der Waals surface area contributed by atoms with Crippen molar-refractivity contribution in [1.29, 1.82) is 0 Å². The molecule has 1 saturated heterocycles. The Morgan fingerprint density at radius 1 is 1.07 bits per heavy atom. The molecule has 2 N–H and O–H groups in total. The van der Waals surface area contributed by atoms with Crippen molar-refractivity contribution in [2.75, 3.05) is 38.2 Å². The largest absolute Gasteiger partial charge is 0.495 e. The number of aromatic nitrogens is 2. The van der Waals surface area contributed by atoms with Gasteiger partial charge < -0.3 is 34.3 Å². The fraction of sp³-hybridized carbons (Fsp3) is 0.258. The quantitative estimate of drug-likeness (QED) is 0.140. The SMILES string of the molecule is COCC(=O)Nc1cc(N2C(=S)N[C@@H](c3ccccn3)[C@@H]2c2cc(C)n(-c3ccc([N+](=O)[O-])cc3OC)c2C)ccc1OC. The van der Waals surface area contributed by atoms with Gasteiger partial charge in [-0.3, -0.25) is 19.9 Å². The second-order valence-electron chi connectivity index (χ2n) is 10.1. The molecule has 12 nitrogen and oxygen atoms in total. The summed E-state index contributed by atoms with van der Waals surface area (Å²) >= 11 is 5.92. The average molecular weight is 617 g/mol. The number of thiocarbonyl (C=S) groups is 1. The standard InChI is InChI=1S/C31H32N6O6S/c1-18-14-22(19(2)35(18)25-11-9-21(37(39)40)16-27(25)43-5)30-29(23-8-6-7-13-32-23)34-31(44)36(30)20-10-12-26(42-4)24(15-20)33-28(38)17-41-3/h6-16,29-30H,17H2,1-5H3,(H,33,38)(H,34,44)/t29-,30-/m0/s1. The first-order chi connectivity index (χ1) is 21.2. The van der Waals surface area contributed by atoms with Crippen LogP contribution in [0.2, 0.25) is 0 Å². The molecule has 0 radical (unpaired) electrons. The predicted octanol–water partition coefficient (Wildman–Crippen LogP) is 5.18. The molecule has 13 heteroatoms. The molecule has 44 heavy (non-hydrogen) atoms. The Morgan fingerprint density at radius 3 is 2.50 bits per heavy atom. The highest BCUT2D eigenvalue weighted by Gasteiger charge is 2.42. The molecule has 228 valence electrons. The van der Waals surface area contributed by atoms with Crippen molar-refractivity contribution >= 4 is 40.3 Å². The molecule has 0 bridgehead atoms. The van der Waals surface area contributed by atoms with Crippen LogP contribution in [-0.2, 0) is 9.53 Å². The van der Waals surface area contributed by atoms with Crippen molar-refractivity contribution in [2.24, 2.45) is 0 Å². The van der Waals surface area contributed by atoms with Gasteiger partial charge in [-0.25, -0.2) is 0 Å². The minimum Gasteiger partial charge on any atom is -0.495 e. The van der Waals surface area contributed by atoms with Crippen molar-refractivity contribution in [1.82, 2.24) is 14.9 Å². The van der Waals surface area contributed by atoms with Crippen LogP contribution in [0, 0.1) is 24.0 Å². The zero-order chi connectivity index (χ0) is 31.5. The molecule has 2 aromatic heterocycles. The van der Waals surface area contributed by atoms with Crippen LogP contribution >= 0.6 is 12.2 Å². The minimum atomic E-state index is -0.450. The van der Waals surface area contributed by atoms with E-state index >= 15 is 0 Å². The van der Waals surface area contributed by atoms with Gasteiger partial charge >= 0.3 is 0 Å². The number of nitrogens with zero attached hydrogens (tertiary/aromatic N) is 4. The van der Waals surface area contributed by atoms with Crippen LogP contribution in [0.4, 0.5) is 17.1 Å². The summed E-state index contributed by atoms with van der Waals surface area (Å²) in [5, 5.41) is 18.2. The number of hydrogen-bond donors (Lipinski definition) is 2. The molecule has 0 saturated carbocycles. The molecule has 1 aliphatic rings. The lowest BCUT2D eigenvalue weighted by molar-refractivity contribution is -0.384. The number of rotatable bonds is 10. The highest BCUT2D eigenvalue weighted by atomic mass is 32.1. The molecule has 0 aliphatic carbocycles. The van der Waals surface area contributed by atoms with Crippen molar-refractivity contribution in [2.45, 2.75) is 25.9 Å². The molecule has 2 atom stereocenters. The Labute approximate surface area is 259 Å². The molecule has 1 fully saturated rings. The lowest BCUT2D eigenvalue weighted by Crippen LogP contribution is -2.29. The highest BCUT2D eigenvalue weighted by Crippen LogP contribution is 2.45. The van der Waals surface area contributed by atoms with Gasteiger partial charge in [-0.2, -0.15) is 0 Å². The van der Waals surface area contributed by atoms with E-state index in [1.807, 2.05) is 53.6 Å². The van der Waals surface area contributed by atoms with E-state index < -0.39 is 4.92 Å². The van der Waals surface area contributed by atoms with E-state index in [2.05, 4.69) is 21.7 Å². The second kappa shape index (κ2) is 12.7. The normalized spacial score (nSPS) is 16.0. The summed E-state index contributed by atoms with van der Waals surface area (Å²) in [6.45, 7) is 3.84. The third-order valence-corrected chi connectivity index (χ3v) is 7.83. The second-order valence-corrected chi connectivity index (χ2v) is 10.5. The Kier molecular flexibility index (Phi) is 8.78. The molecule has 2 aromatic carbocycles. The first-order valence-electron chi connectivity index (χ1n) is 13.7. The number of benzene rings is 2. The molecule has 3 heterocycles. The number of carbonyl (C=O) groups is 1. The first kappa shape index (κ1) is 30.4. The predicted molar refractivity (Wildman–Crippen MR) is 170 cm³/mol. The maximum atomic E-state index is 12.4. The van der Waals surface area contributed by atoms with Crippen LogP contribution in [0.1, 0.15) is 34.7 Å². The van der Waals surface area contributed by atoms with E-state index in [9.17, 15) is 14.9 Å². The van der Waals surface area contributed by atoms with Crippen molar-refractivity contribution in [3.8, 4) is 17.2 Å². The number of non-ortho nitro benzene ring substituents is 1. The number of methoxy groups -OCH3 is 3. The van der Waals surface area contributed by atoms with Crippen LogP contribution in [0.5, 0.6) is 11.5 Å². The van der Waals surface area contributed by atoms with E-state index in [-0.39, 0.29) is 30.3 Å². The molecule has 4 aromatic rings. The monoisotopic (exact) mass is 616 g/mol. The molecule has 0 unspecified atom stereocenters. The molecular formula is C31H32N6O6S. The molecule has 1 aliphatic heterocycles. The van der Waals surface area contributed by atoms with Gasteiger partial charge in [0.15, 0.2) is 5.11 Å². The summed E-state index contributed by atoms with van der Waals surface area (Å²) in [5.41, 5.74) is 5.32. The smallest absolute Gasteiger partial charge is 0.273 e. The summed E-state index contributed by atoms with van der Waals surface area (Å²) in [4.78, 5) is 30.1. The Hall–Kier alpha value is -5.01. The maximum Gasteiger partial charge on any atom is 0.273 e. The van der Waals surface area contributed by atoms with Crippen molar-refractivity contribution < 1.29 is 23.9 Å². The van der Waals surface area contributed by atoms with Gasteiger partial charge in [0.2, 0.25) is 5.91 Å². The van der Waals surface area contributed by atoms with Crippen LogP contribution < -0.4 is 25.0 Å². The number of aryl methyl sites for hydroxylation is 1. The number of carbonyl (C=O) groups excluding carboxylic acids is 1. The van der Waals surface area contributed by atoms with Gasteiger partial charge in [0, 0.05) is 36.4 Å². The van der Waals surface area contributed by atoms with E-state index in [1.54, 1.807) is 18.3 Å². The zero-order valence-electron chi connectivity index (χ0n) is 24.9. The minimum absolute atomic E-state index is 0.0621. The lowest BCUT2D eigenvalue weighted by atomic mass is 9.96. The number of pyridine rings is 1. The molecular weight excluding hydrogens is 584 g/mol. The summed E-state index contributed by atoms with van der Waals surface area (Å²) in [6.07, 6.45) is 1.74. The third kappa shape index (κ3) is 5.66. The van der Waals surface area contributed by atoms with Crippen LogP contribution in [-0.4, -0.2) is 53.4 Å². The van der Waals surface area contributed by atoms with Gasteiger partial charge in [-0.05, 0) is 74.1 Å². The van der Waals surface area contributed by atoms with E-state index in [1.165, 1.54) is 33.5 Å². The molecule has 0 spiro atoms. The number of nitrogens with one attached hydrogen (secondary N) is 2. The van der Waals surface area contributed by atoms with E-state index in [0.29, 0.717) is 28.0 Å². The molecule has 5 rings (SSSR count). The topological polar surface area (TPSA) is 133 Å². The fourth-order valence-electron chi connectivity index (χ4n) is 5.63. The summed E-state index contributed by atoms with van der Waals surface area (Å²) in [5.74, 6) is 0.531. The number of hydrogen-bond acceptors (Lipinski definition) is 8. The van der Waals surface area contributed by atoms with Crippen molar-refractivity contribution in [3.05, 3.63) is 99.6 Å². The summed E-state index contributed by atoms with van der Waals surface area (Å²) in [7, 11) is 4.47. The van der Waals surface area contributed by atoms with E-state index in [4.69, 9.17) is 26.4 Å². The summed E-state index contributed by atoms with van der Waals surface area (Å²) < 4.78 is 18.1. The van der Waals surface area contributed by atoms with Gasteiger partial charge in [0.1, 0.15) is 18.1 Å². The average Bonchev–Trinajstić information content (AvgIpc) is 3.51. The number of nitro benzene ring substituents is 1. The van der Waals surface area contributed by atoms with Gasteiger partial charge in [-0.1, -0.05) is 6.07 Å². The third-order valence-electron chi connectivity index (χ3n) is 7.51. The zero-order valence-corrected chi connectivity index (χ0v) is 25.7. The van der Waals surface area contributed by atoms with E-state index in [0.717, 1.165) is 28.3 Å². The van der Waals surface area contributed by atoms with Crippen LogP contribution in [0.25, 0.3) is 5.69 Å². The maximum absolute atomic E-state index is 12.4. The first-order valence-corrected chi connectivity index (χ1v) is 14.1.